The van der Waals surface area contributed by atoms with Gasteiger partial charge in [0.15, 0.2) is 13.2 Å². The number of nitrogens with two attached hydrogens (primary N) is 2. The minimum Gasteiger partial charge on any atom is -0.457 e. The van der Waals surface area contributed by atoms with Crippen molar-refractivity contribution in [3.05, 3.63) is 44.7 Å². The predicted molar refractivity (Wildman–Crippen MR) is 200 cm³/mol. The number of hydrogen-bond donors (Lipinski definition) is 2. The summed E-state index contributed by atoms with van der Waals surface area (Å²) in [5.74, 6) is -2.21. The second kappa shape index (κ2) is 16.6. The summed E-state index contributed by atoms with van der Waals surface area (Å²) in [7, 11) is 0. The van der Waals surface area contributed by atoms with Gasteiger partial charge in [-0.05, 0) is 184 Å². The quantitative estimate of drug-likeness (QED) is 0.134. The molecule has 0 aliphatic heterocycles. The van der Waals surface area contributed by atoms with Gasteiger partial charge in [-0.1, -0.05) is 13.8 Å². The van der Waals surface area contributed by atoms with E-state index in [9.17, 15) is 14.4 Å². The fourth-order valence-corrected chi connectivity index (χ4v) is 11.2. The van der Waals surface area contributed by atoms with Gasteiger partial charge in [-0.2, -0.15) is 0 Å². The maximum absolute atomic E-state index is 12.7. The van der Waals surface area contributed by atoms with Crippen LogP contribution in [0.15, 0.2) is 12.1 Å². The van der Waals surface area contributed by atoms with Crippen molar-refractivity contribution in [3.8, 4) is 0 Å². The predicted octanol–water partition coefficient (Wildman–Crippen LogP) is 6.97. The second-order valence-electron chi connectivity index (χ2n) is 8.47. The average molecular weight is 1180 g/mol. The molecule has 0 aliphatic rings. The van der Waals surface area contributed by atoms with Crippen LogP contribution in [-0.4, -0.2) is 30.9 Å². The highest BCUT2D eigenvalue weighted by Crippen LogP contribution is 2.33. The molecule has 38 heavy (non-hydrogen) atoms. The molecule has 2 rings (SSSR count). The Kier molecular flexibility index (Phi) is 15.4. The minimum atomic E-state index is -0.471. The first-order valence-electron chi connectivity index (χ1n) is 11.5. The first-order valence-corrected chi connectivity index (χ1v) is 18.0. The lowest BCUT2D eigenvalue weighted by Crippen LogP contribution is -2.27. The van der Waals surface area contributed by atoms with Crippen LogP contribution in [-0.2, 0) is 36.7 Å². The zero-order valence-electron chi connectivity index (χ0n) is 20.5. The van der Waals surface area contributed by atoms with Gasteiger partial charge in [-0.3, -0.25) is 14.4 Å². The SMILES string of the molecule is CCC(Cc1c([125I])cc([125I])c(N)c1[125I])C(=O)OCC(=O)COC(=O)C(CC)Cc1c([125I])cc([125I])c(N)c1[125I]. The van der Waals surface area contributed by atoms with Crippen molar-refractivity contribution in [2.75, 3.05) is 24.7 Å². The lowest BCUT2D eigenvalue weighted by molar-refractivity contribution is -0.157. The number of benzene rings is 2. The molecule has 0 aromatic heterocycles. The molecule has 2 atom stereocenters. The largest absolute Gasteiger partial charge is 0.457 e. The third kappa shape index (κ3) is 9.53. The summed E-state index contributed by atoms with van der Waals surface area (Å²) in [5.41, 5.74) is 15.7. The number of halogens is 6. The van der Waals surface area contributed by atoms with E-state index in [1.807, 2.05) is 26.0 Å². The Morgan fingerprint density at radius 3 is 1.34 bits per heavy atom. The summed E-state index contributed by atoms with van der Waals surface area (Å²) >= 11 is 13.3. The molecule has 0 heterocycles. The Balaban J connectivity index is 1.93. The molecule has 13 heteroatoms. The molecule has 0 aliphatic carbocycles. The zero-order chi connectivity index (χ0) is 28.7. The molecule has 208 valence electrons. The fourth-order valence-electron chi connectivity index (χ4n) is 3.53. The first kappa shape index (κ1) is 35.2. The third-order valence-electron chi connectivity index (χ3n) is 5.91. The van der Waals surface area contributed by atoms with E-state index >= 15 is 0 Å². The van der Waals surface area contributed by atoms with Crippen LogP contribution in [0.3, 0.4) is 0 Å². The molecule has 0 radical (unpaired) electrons. The van der Waals surface area contributed by atoms with Crippen LogP contribution in [0.4, 0.5) is 11.4 Å². The van der Waals surface area contributed by atoms with Gasteiger partial charge < -0.3 is 20.9 Å². The Labute approximate surface area is 304 Å². The average Bonchev–Trinajstić information content (AvgIpc) is 2.88. The van der Waals surface area contributed by atoms with Crippen LogP contribution in [0.5, 0.6) is 0 Å². The number of rotatable bonds is 12. The molecule has 0 spiro atoms. The van der Waals surface area contributed by atoms with Gasteiger partial charge in [0.2, 0.25) is 5.78 Å². The van der Waals surface area contributed by atoms with Crippen LogP contribution >= 0.6 is 136 Å². The van der Waals surface area contributed by atoms with Crippen LogP contribution < -0.4 is 11.5 Å². The van der Waals surface area contributed by atoms with E-state index in [1.54, 1.807) is 0 Å². The van der Waals surface area contributed by atoms with E-state index in [0.717, 1.165) is 32.5 Å². The first-order chi connectivity index (χ1) is 17.8. The lowest BCUT2D eigenvalue weighted by atomic mass is 9.96. The monoisotopic (exact) mass is 1180 g/mol. The normalized spacial score (nSPS) is 12.6. The standard InChI is InChI=1S/C25H26I6N2O5/c1-3-11(5-14-16(26)7-18(28)22(32)20(14)30)24(35)37-9-13(34)10-38-25(36)12(4-2)6-15-17(27)8-19(29)23(33)21(15)31/h7-8,11-12H,3-6,9-10,32-33H2,1-2H3/i26-2,27-2,28-2,29-2,30-2,31-2. The molecule has 0 saturated carbocycles. The Bertz CT molecular complexity index is 1130. The van der Waals surface area contributed by atoms with E-state index < -0.39 is 42.8 Å². The van der Waals surface area contributed by atoms with Crippen molar-refractivity contribution < 1.29 is 23.9 Å². The minimum absolute atomic E-state index is 0.414. The summed E-state index contributed by atoms with van der Waals surface area (Å²) in [5, 5.41) is 0. The molecule has 4 N–H and O–H groups in total. The topological polar surface area (TPSA) is 122 Å². The Hall–Kier alpha value is 1.03. The Morgan fingerprint density at radius 1 is 0.684 bits per heavy atom. The Morgan fingerprint density at radius 2 is 1.03 bits per heavy atom. The van der Waals surface area contributed by atoms with Crippen molar-refractivity contribution in [1.29, 1.82) is 0 Å². The molecule has 0 fully saturated rings. The van der Waals surface area contributed by atoms with Gasteiger partial charge in [0.05, 0.1) is 23.2 Å². The van der Waals surface area contributed by atoms with Crippen molar-refractivity contribution in [3.63, 3.8) is 0 Å². The van der Waals surface area contributed by atoms with Crippen molar-refractivity contribution in [1.82, 2.24) is 0 Å². The highest BCUT2D eigenvalue weighted by molar-refractivity contribution is 14.1. The zero-order valence-corrected chi connectivity index (χ0v) is 33.5. The molecule has 2 unspecified atom stereocenters. The number of carbonyl (C=O) groups is 3. The van der Waals surface area contributed by atoms with Gasteiger partial charge in [0, 0.05) is 21.4 Å². The number of anilines is 2. The van der Waals surface area contributed by atoms with Crippen molar-refractivity contribution >= 4 is 165 Å². The van der Waals surface area contributed by atoms with Gasteiger partial charge in [-0.25, -0.2) is 0 Å². The smallest absolute Gasteiger partial charge is 0.309 e. The summed E-state index contributed by atoms with van der Waals surface area (Å²) < 4.78 is 16.4. The van der Waals surface area contributed by atoms with Crippen molar-refractivity contribution in [2.45, 2.75) is 39.5 Å². The van der Waals surface area contributed by atoms with Crippen LogP contribution in [0.1, 0.15) is 37.8 Å². The summed E-state index contributed by atoms with van der Waals surface area (Å²) in [6.07, 6.45) is 2.04. The highest BCUT2D eigenvalue weighted by atomic mass is 125. The molecular formula is C25H26I6N2O5. The summed E-state index contributed by atoms with van der Waals surface area (Å²) in [4.78, 5) is 37.9. The molecule has 7 nitrogen and oxygen atoms in total. The molecule has 0 amide bonds. The number of nitrogen functional groups attached to an aromatic ring is 2. The van der Waals surface area contributed by atoms with E-state index in [-0.39, 0.29) is 0 Å². The molecular weight excluding hydrogens is 1160 g/mol. The van der Waals surface area contributed by atoms with E-state index in [0.29, 0.717) is 37.1 Å². The van der Waals surface area contributed by atoms with E-state index in [1.165, 1.54) is 0 Å². The van der Waals surface area contributed by atoms with Gasteiger partial charge in [0.1, 0.15) is 0 Å². The van der Waals surface area contributed by atoms with E-state index in [2.05, 4.69) is 136 Å². The van der Waals surface area contributed by atoms with Gasteiger partial charge >= 0.3 is 11.9 Å². The highest BCUT2D eigenvalue weighted by Gasteiger charge is 2.25. The van der Waals surface area contributed by atoms with Gasteiger partial charge in [-0.15, -0.1) is 0 Å². The molecule has 2 aromatic carbocycles. The number of esters is 2. The number of hydrogen-bond acceptors (Lipinski definition) is 7. The van der Waals surface area contributed by atoms with Crippen LogP contribution in [0.25, 0.3) is 0 Å². The van der Waals surface area contributed by atoms with Gasteiger partial charge in [0.25, 0.3) is 0 Å². The lowest BCUT2D eigenvalue weighted by Gasteiger charge is -2.18. The number of carbonyl (C=O) groups excluding carboxylic acids is 3. The summed E-state index contributed by atoms with van der Waals surface area (Å²) in [6, 6.07) is 3.98. The maximum atomic E-state index is 12.7. The maximum Gasteiger partial charge on any atom is 0.309 e. The number of Topliss-reactive ketones (excluding diaryl/α,β-unsaturated/α-hetero) is 1. The molecule has 0 saturated heterocycles. The van der Waals surface area contributed by atoms with E-state index in [4.69, 9.17) is 20.9 Å². The van der Waals surface area contributed by atoms with Crippen LogP contribution in [0.2, 0.25) is 0 Å². The number of ether oxygens (including phenoxy) is 2. The van der Waals surface area contributed by atoms with Crippen molar-refractivity contribution in [2.24, 2.45) is 11.8 Å². The number of ketones is 1. The fraction of sp³-hybridized carbons (Fsp3) is 0.400. The second-order valence-corrected chi connectivity index (χ2v) is 15.3. The summed E-state index contributed by atoms with van der Waals surface area (Å²) in [6.45, 7) is 2.93. The molecule has 2 aromatic rings. The molecule has 0 bridgehead atoms. The third-order valence-corrected chi connectivity index (χ3v) is 12.1. The van der Waals surface area contributed by atoms with Crippen LogP contribution in [0, 0.1) is 33.3 Å².